The summed E-state index contributed by atoms with van der Waals surface area (Å²) in [6.45, 7) is 6.13. The van der Waals surface area contributed by atoms with Crippen LogP contribution < -0.4 is 0 Å². The molecule has 0 radical (unpaired) electrons. The quantitative estimate of drug-likeness (QED) is 0.376. The second-order valence-electron chi connectivity index (χ2n) is 7.56. The zero-order chi connectivity index (χ0) is 20.4. The Labute approximate surface area is 171 Å². The van der Waals surface area contributed by atoms with Crippen LogP contribution in [0.25, 0.3) is 22.3 Å². The second kappa shape index (κ2) is 7.84. The highest BCUT2D eigenvalue weighted by molar-refractivity contribution is 6.11. The molecule has 2 nitrogen and oxygen atoms in total. The molecule has 0 atom stereocenters. The standard InChI is InChI=1S/C27H23NO/c1-18-7-4-10-21(13-18)24-16-25(22-11-5-8-19(2)14-22)26(28-17-24)27(29)23-12-6-9-20(3)15-23/h4-17H,1-3H3. The summed E-state index contributed by atoms with van der Waals surface area (Å²) in [6, 6.07) is 26.3. The van der Waals surface area contributed by atoms with Gasteiger partial charge < -0.3 is 0 Å². The third-order valence-corrected chi connectivity index (χ3v) is 5.06. The Kier molecular flexibility index (Phi) is 5.09. The predicted octanol–water partition coefficient (Wildman–Crippen LogP) is 6.57. The maximum atomic E-state index is 13.3. The molecule has 4 rings (SSSR count). The number of aryl methyl sites for hydroxylation is 3. The van der Waals surface area contributed by atoms with Crippen molar-refractivity contribution in [3.63, 3.8) is 0 Å². The third kappa shape index (κ3) is 4.02. The van der Waals surface area contributed by atoms with Gasteiger partial charge in [0.1, 0.15) is 5.69 Å². The predicted molar refractivity (Wildman–Crippen MR) is 119 cm³/mol. The number of rotatable bonds is 4. The number of pyridine rings is 1. The number of carbonyl (C=O) groups excluding carboxylic acids is 1. The molecule has 0 aliphatic carbocycles. The number of benzene rings is 3. The van der Waals surface area contributed by atoms with Crippen LogP contribution in [0.15, 0.2) is 85.1 Å². The van der Waals surface area contributed by atoms with Crippen molar-refractivity contribution in [1.29, 1.82) is 0 Å². The van der Waals surface area contributed by atoms with Gasteiger partial charge >= 0.3 is 0 Å². The van der Waals surface area contributed by atoms with Gasteiger partial charge in [0.2, 0.25) is 5.78 Å². The van der Waals surface area contributed by atoms with Gasteiger partial charge in [-0.15, -0.1) is 0 Å². The Hall–Kier alpha value is -3.52. The Morgan fingerprint density at radius 3 is 1.90 bits per heavy atom. The Bertz CT molecular complexity index is 1210. The molecule has 0 N–H and O–H groups in total. The lowest BCUT2D eigenvalue weighted by atomic mass is 9.94. The normalized spacial score (nSPS) is 10.7. The van der Waals surface area contributed by atoms with Gasteiger partial charge in [-0.25, -0.2) is 0 Å². The zero-order valence-electron chi connectivity index (χ0n) is 16.9. The maximum absolute atomic E-state index is 13.3. The molecule has 0 unspecified atom stereocenters. The zero-order valence-corrected chi connectivity index (χ0v) is 16.9. The number of carbonyl (C=O) groups is 1. The van der Waals surface area contributed by atoms with Crippen LogP contribution in [0, 0.1) is 20.8 Å². The summed E-state index contributed by atoms with van der Waals surface area (Å²) in [5.41, 5.74) is 8.52. The van der Waals surface area contributed by atoms with Gasteiger partial charge in [-0.1, -0.05) is 83.4 Å². The summed E-state index contributed by atoms with van der Waals surface area (Å²) in [4.78, 5) is 18.0. The molecule has 0 aliphatic heterocycles. The molecule has 0 saturated heterocycles. The minimum Gasteiger partial charge on any atom is -0.287 e. The van der Waals surface area contributed by atoms with Gasteiger partial charge in [0, 0.05) is 22.9 Å². The topological polar surface area (TPSA) is 30.0 Å². The number of hydrogen-bond acceptors (Lipinski definition) is 2. The fraction of sp³-hybridized carbons (Fsp3) is 0.111. The fourth-order valence-corrected chi connectivity index (χ4v) is 3.58. The fourth-order valence-electron chi connectivity index (χ4n) is 3.58. The van der Waals surface area contributed by atoms with Gasteiger partial charge in [0.15, 0.2) is 0 Å². The van der Waals surface area contributed by atoms with Crippen molar-refractivity contribution in [1.82, 2.24) is 4.98 Å². The summed E-state index contributed by atoms with van der Waals surface area (Å²) in [5.74, 6) is -0.0546. The molecular weight excluding hydrogens is 354 g/mol. The molecular formula is C27H23NO. The van der Waals surface area contributed by atoms with Crippen LogP contribution >= 0.6 is 0 Å². The van der Waals surface area contributed by atoms with E-state index < -0.39 is 0 Å². The Balaban J connectivity index is 1.90. The van der Waals surface area contributed by atoms with Crippen molar-refractivity contribution in [2.45, 2.75) is 20.8 Å². The van der Waals surface area contributed by atoms with E-state index >= 15 is 0 Å². The molecule has 1 heterocycles. The van der Waals surface area contributed by atoms with Gasteiger partial charge in [-0.3, -0.25) is 9.78 Å². The molecule has 0 saturated carbocycles. The molecule has 3 aromatic carbocycles. The molecule has 0 fully saturated rings. The van der Waals surface area contributed by atoms with E-state index in [0.717, 1.165) is 33.4 Å². The SMILES string of the molecule is Cc1cccc(C(=O)c2ncc(-c3cccc(C)c3)cc2-c2cccc(C)c2)c1. The molecule has 0 bridgehead atoms. The van der Waals surface area contributed by atoms with E-state index in [1.165, 1.54) is 5.56 Å². The van der Waals surface area contributed by atoms with E-state index in [1.54, 1.807) is 6.20 Å². The van der Waals surface area contributed by atoms with Crippen molar-refractivity contribution < 1.29 is 4.79 Å². The highest BCUT2D eigenvalue weighted by atomic mass is 16.1. The summed E-state index contributed by atoms with van der Waals surface area (Å²) in [6.07, 6.45) is 1.80. The summed E-state index contributed by atoms with van der Waals surface area (Å²) in [5, 5.41) is 0. The van der Waals surface area contributed by atoms with Crippen LogP contribution in [0.1, 0.15) is 32.7 Å². The highest BCUT2D eigenvalue weighted by Gasteiger charge is 2.18. The smallest absolute Gasteiger partial charge is 0.211 e. The van der Waals surface area contributed by atoms with Crippen LogP contribution in [0.4, 0.5) is 0 Å². The lowest BCUT2D eigenvalue weighted by molar-refractivity contribution is 0.103. The summed E-state index contributed by atoms with van der Waals surface area (Å²) >= 11 is 0. The first kappa shape index (κ1) is 18.8. The minimum atomic E-state index is -0.0546. The van der Waals surface area contributed by atoms with Crippen molar-refractivity contribution in [3.8, 4) is 22.3 Å². The van der Waals surface area contributed by atoms with Gasteiger partial charge in [0.05, 0.1) is 0 Å². The molecule has 0 aliphatic rings. The minimum absolute atomic E-state index is 0.0546. The maximum Gasteiger partial charge on any atom is 0.211 e. The molecule has 29 heavy (non-hydrogen) atoms. The highest BCUT2D eigenvalue weighted by Crippen LogP contribution is 2.30. The van der Waals surface area contributed by atoms with E-state index in [1.807, 2.05) is 49.4 Å². The second-order valence-corrected chi connectivity index (χ2v) is 7.56. The van der Waals surface area contributed by atoms with E-state index in [0.29, 0.717) is 11.3 Å². The number of nitrogens with zero attached hydrogens (tertiary/aromatic N) is 1. The largest absolute Gasteiger partial charge is 0.287 e. The van der Waals surface area contributed by atoms with Gasteiger partial charge in [-0.05, 0) is 44.0 Å². The number of hydrogen-bond donors (Lipinski definition) is 0. The van der Waals surface area contributed by atoms with Gasteiger partial charge in [0.25, 0.3) is 0 Å². The first-order chi connectivity index (χ1) is 14.0. The molecule has 1 aromatic heterocycles. The van der Waals surface area contributed by atoms with Crippen molar-refractivity contribution in [3.05, 3.63) is 113 Å². The summed E-state index contributed by atoms with van der Waals surface area (Å²) in [7, 11) is 0. The van der Waals surface area contributed by atoms with Crippen LogP contribution in [-0.4, -0.2) is 10.8 Å². The van der Waals surface area contributed by atoms with Crippen molar-refractivity contribution >= 4 is 5.78 Å². The first-order valence-corrected chi connectivity index (χ1v) is 9.77. The monoisotopic (exact) mass is 377 g/mol. The van der Waals surface area contributed by atoms with Crippen molar-refractivity contribution in [2.24, 2.45) is 0 Å². The lowest BCUT2D eigenvalue weighted by Crippen LogP contribution is -2.07. The van der Waals surface area contributed by atoms with Crippen LogP contribution in [0.3, 0.4) is 0 Å². The molecule has 0 spiro atoms. The van der Waals surface area contributed by atoms with Crippen LogP contribution in [0.5, 0.6) is 0 Å². The average molecular weight is 377 g/mol. The Morgan fingerprint density at radius 1 is 0.655 bits per heavy atom. The average Bonchev–Trinajstić information content (AvgIpc) is 2.73. The van der Waals surface area contributed by atoms with Crippen LogP contribution in [-0.2, 0) is 0 Å². The molecule has 142 valence electrons. The van der Waals surface area contributed by atoms with E-state index in [2.05, 4.69) is 55.2 Å². The number of ketones is 1. The van der Waals surface area contributed by atoms with E-state index in [4.69, 9.17) is 0 Å². The van der Waals surface area contributed by atoms with E-state index in [9.17, 15) is 4.79 Å². The third-order valence-electron chi connectivity index (χ3n) is 5.06. The lowest BCUT2D eigenvalue weighted by Gasteiger charge is -2.12. The van der Waals surface area contributed by atoms with Crippen molar-refractivity contribution in [2.75, 3.05) is 0 Å². The first-order valence-electron chi connectivity index (χ1n) is 9.77. The van der Waals surface area contributed by atoms with E-state index in [-0.39, 0.29) is 5.78 Å². The van der Waals surface area contributed by atoms with Crippen LogP contribution in [0.2, 0.25) is 0 Å². The number of aromatic nitrogens is 1. The van der Waals surface area contributed by atoms with Gasteiger partial charge in [-0.2, -0.15) is 0 Å². The molecule has 4 aromatic rings. The summed E-state index contributed by atoms with van der Waals surface area (Å²) < 4.78 is 0. The molecule has 2 heteroatoms. The molecule has 0 amide bonds. The Morgan fingerprint density at radius 2 is 1.24 bits per heavy atom.